The number of hydrogen-bond donors (Lipinski definition) is 3. The van der Waals surface area contributed by atoms with Crippen molar-refractivity contribution < 1.29 is 4.79 Å². The van der Waals surface area contributed by atoms with E-state index in [1.807, 2.05) is 41.1 Å². The van der Waals surface area contributed by atoms with Crippen molar-refractivity contribution in [3.63, 3.8) is 0 Å². The number of nitrogens with two attached hydrogens (primary N) is 1. The maximum Gasteiger partial charge on any atom is 0.282 e. The highest BCUT2D eigenvalue weighted by Crippen LogP contribution is 2.33. The first-order valence-corrected chi connectivity index (χ1v) is 6.40. The van der Waals surface area contributed by atoms with Crippen LogP contribution in [0.2, 0.25) is 0 Å². The number of thiophene rings is 1. The zero-order valence-corrected chi connectivity index (χ0v) is 10.3. The molecular formula is C13H11N3OS. The third kappa shape index (κ3) is 1.61. The van der Waals surface area contributed by atoms with Gasteiger partial charge in [0, 0.05) is 16.5 Å². The Hall–Kier alpha value is -2.11. The molecule has 3 rings (SSSR count). The Morgan fingerprint density at radius 1 is 1.28 bits per heavy atom. The van der Waals surface area contributed by atoms with Crippen LogP contribution in [0, 0.1) is 0 Å². The highest BCUT2D eigenvalue weighted by atomic mass is 32.1. The van der Waals surface area contributed by atoms with Crippen molar-refractivity contribution in [1.29, 1.82) is 0 Å². The fourth-order valence-electron chi connectivity index (χ4n) is 2.09. The highest BCUT2D eigenvalue weighted by Gasteiger charge is 2.18. The van der Waals surface area contributed by atoms with Gasteiger partial charge in [-0.25, -0.2) is 5.84 Å². The number of aromatic nitrogens is 1. The molecule has 2 heterocycles. The van der Waals surface area contributed by atoms with Gasteiger partial charge in [-0.05, 0) is 28.5 Å². The molecule has 0 aliphatic rings. The minimum absolute atomic E-state index is 0.313. The summed E-state index contributed by atoms with van der Waals surface area (Å²) >= 11 is 1.60. The number of aromatic amines is 1. The van der Waals surface area contributed by atoms with Crippen LogP contribution in [0.25, 0.3) is 22.0 Å². The van der Waals surface area contributed by atoms with Crippen molar-refractivity contribution in [2.45, 2.75) is 0 Å². The summed E-state index contributed by atoms with van der Waals surface area (Å²) < 4.78 is 0. The molecule has 4 N–H and O–H groups in total. The largest absolute Gasteiger partial charge is 0.350 e. The molecular weight excluding hydrogens is 246 g/mol. The van der Waals surface area contributed by atoms with Crippen LogP contribution in [0.4, 0.5) is 0 Å². The van der Waals surface area contributed by atoms with Crippen LogP contribution in [0.15, 0.2) is 41.1 Å². The number of hydrazine groups is 1. The summed E-state index contributed by atoms with van der Waals surface area (Å²) in [5.74, 6) is 4.92. The number of nitrogen functional groups attached to an aromatic ring is 1. The average Bonchev–Trinajstić information content (AvgIpc) is 3.03. The average molecular weight is 257 g/mol. The second kappa shape index (κ2) is 4.29. The van der Waals surface area contributed by atoms with Crippen molar-refractivity contribution in [3.8, 4) is 11.1 Å². The van der Waals surface area contributed by atoms with Gasteiger partial charge in [0.15, 0.2) is 0 Å². The van der Waals surface area contributed by atoms with Gasteiger partial charge in [0.05, 0.1) is 0 Å². The van der Waals surface area contributed by atoms with Crippen LogP contribution in [0.5, 0.6) is 0 Å². The van der Waals surface area contributed by atoms with Crippen molar-refractivity contribution in [1.82, 2.24) is 10.4 Å². The van der Waals surface area contributed by atoms with Crippen LogP contribution in [0.1, 0.15) is 10.5 Å². The lowest BCUT2D eigenvalue weighted by Crippen LogP contribution is -2.30. The Bertz CT molecular complexity index is 700. The zero-order chi connectivity index (χ0) is 12.5. The molecule has 5 heteroatoms. The van der Waals surface area contributed by atoms with E-state index in [9.17, 15) is 4.79 Å². The molecule has 2 aromatic heterocycles. The summed E-state index contributed by atoms with van der Waals surface area (Å²) in [6, 6.07) is 9.81. The molecule has 3 aromatic rings. The van der Waals surface area contributed by atoms with Crippen molar-refractivity contribution >= 4 is 28.1 Å². The Kier molecular flexibility index (Phi) is 2.62. The van der Waals surface area contributed by atoms with Crippen LogP contribution in [0.3, 0.4) is 0 Å². The molecule has 0 saturated carbocycles. The molecule has 0 aliphatic carbocycles. The number of benzene rings is 1. The molecule has 18 heavy (non-hydrogen) atoms. The quantitative estimate of drug-likeness (QED) is 0.375. The summed E-state index contributed by atoms with van der Waals surface area (Å²) in [4.78, 5) is 15.0. The number of rotatable bonds is 2. The van der Waals surface area contributed by atoms with Crippen LogP contribution < -0.4 is 11.3 Å². The number of fused-ring (bicyclic) bond motifs is 1. The topological polar surface area (TPSA) is 70.9 Å². The number of hydrogen-bond acceptors (Lipinski definition) is 3. The normalized spacial score (nSPS) is 10.7. The lowest BCUT2D eigenvalue weighted by atomic mass is 10.0. The molecule has 1 amide bonds. The van der Waals surface area contributed by atoms with E-state index in [4.69, 9.17) is 5.84 Å². The number of para-hydroxylation sites is 1. The Morgan fingerprint density at radius 2 is 2.11 bits per heavy atom. The maximum atomic E-state index is 11.8. The number of nitrogens with one attached hydrogen (secondary N) is 2. The lowest BCUT2D eigenvalue weighted by molar-refractivity contribution is 0.0950. The predicted octanol–water partition coefficient (Wildman–Crippen LogP) is 2.50. The molecule has 4 nitrogen and oxygen atoms in total. The molecule has 0 bridgehead atoms. The number of H-pyrrole nitrogens is 1. The van der Waals surface area contributed by atoms with Gasteiger partial charge in [-0.3, -0.25) is 10.2 Å². The number of amides is 1. The molecule has 0 radical (unpaired) electrons. The lowest BCUT2D eigenvalue weighted by Gasteiger charge is -2.01. The van der Waals surface area contributed by atoms with E-state index >= 15 is 0 Å². The summed E-state index contributed by atoms with van der Waals surface area (Å²) in [5.41, 5.74) is 5.53. The van der Waals surface area contributed by atoms with Crippen molar-refractivity contribution in [3.05, 3.63) is 46.8 Å². The molecule has 0 fully saturated rings. The molecule has 1 aromatic carbocycles. The third-order valence-electron chi connectivity index (χ3n) is 2.87. The summed E-state index contributed by atoms with van der Waals surface area (Å²) in [6.45, 7) is 0. The van der Waals surface area contributed by atoms with Gasteiger partial charge >= 0.3 is 0 Å². The smallest absolute Gasteiger partial charge is 0.282 e. The third-order valence-corrected chi connectivity index (χ3v) is 3.56. The van der Waals surface area contributed by atoms with Gasteiger partial charge in [0.1, 0.15) is 5.69 Å². The van der Waals surface area contributed by atoms with Gasteiger partial charge in [-0.15, -0.1) is 0 Å². The standard InChI is InChI=1S/C13H11N3OS/c14-16-13(17)12-11(8-5-6-18-7-8)9-3-1-2-4-10(9)15-12/h1-7,15H,14H2,(H,16,17). The van der Waals surface area contributed by atoms with Gasteiger partial charge in [-0.1, -0.05) is 18.2 Å². The number of carbonyl (C=O) groups is 1. The van der Waals surface area contributed by atoms with Crippen molar-refractivity contribution in [2.24, 2.45) is 5.84 Å². The summed E-state index contributed by atoms with van der Waals surface area (Å²) in [7, 11) is 0. The second-order valence-corrected chi connectivity index (χ2v) is 4.69. The van der Waals surface area contributed by atoms with E-state index in [0.29, 0.717) is 5.69 Å². The first kappa shape index (κ1) is 11.0. The van der Waals surface area contributed by atoms with Gasteiger partial charge in [0.25, 0.3) is 5.91 Å². The van der Waals surface area contributed by atoms with E-state index in [1.165, 1.54) is 0 Å². The SMILES string of the molecule is NNC(=O)c1[nH]c2ccccc2c1-c1ccsc1. The molecule has 0 saturated heterocycles. The van der Waals surface area contributed by atoms with Gasteiger partial charge in [0.2, 0.25) is 0 Å². The first-order valence-electron chi connectivity index (χ1n) is 5.45. The molecule has 0 aliphatic heterocycles. The fourth-order valence-corrected chi connectivity index (χ4v) is 2.74. The van der Waals surface area contributed by atoms with Crippen LogP contribution in [-0.4, -0.2) is 10.9 Å². The van der Waals surface area contributed by atoms with Crippen LogP contribution in [-0.2, 0) is 0 Å². The van der Waals surface area contributed by atoms with Crippen LogP contribution >= 0.6 is 11.3 Å². The number of carbonyl (C=O) groups excluding carboxylic acids is 1. The van der Waals surface area contributed by atoms with Gasteiger partial charge in [-0.2, -0.15) is 11.3 Å². The van der Waals surface area contributed by atoms with E-state index < -0.39 is 0 Å². The first-order chi connectivity index (χ1) is 8.81. The minimum atomic E-state index is -0.313. The van der Waals surface area contributed by atoms with Gasteiger partial charge < -0.3 is 4.98 Å². The molecule has 0 spiro atoms. The molecule has 90 valence electrons. The Labute approximate surface area is 107 Å². The Balaban J connectivity index is 2.35. The molecule has 0 unspecified atom stereocenters. The predicted molar refractivity (Wildman–Crippen MR) is 73.3 cm³/mol. The van der Waals surface area contributed by atoms with E-state index in [-0.39, 0.29) is 5.91 Å². The van der Waals surface area contributed by atoms with E-state index in [0.717, 1.165) is 22.0 Å². The second-order valence-electron chi connectivity index (χ2n) is 3.91. The monoisotopic (exact) mass is 257 g/mol. The zero-order valence-electron chi connectivity index (χ0n) is 9.44. The maximum absolute atomic E-state index is 11.8. The molecule has 0 atom stereocenters. The fraction of sp³-hybridized carbons (Fsp3) is 0. The minimum Gasteiger partial charge on any atom is -0.350 e. The summed E-state index contributed by atoms with van der Waals surface area (Å²) in [6.07, 6.45) is 0. The van der Waals surface area contributed by atoms with E-state index in [2.05, 4.69) is 10.4 Å². The highest BCUT2D eigenvalue weighted by molar-refractivity contribution is 7.08. The Morgan fingerprint density at radius 3 is 2.83 bits per heavy atom. The van der Waals surface area contributed by atoms with E-state index in [1.54, 1.807) is 11.3 Å². The summed E-state index contributed by atoms with van der Waals surface area (Å²) in [5, 5.41) is 5.03. The van der Waals surface area contributed by atoms with Crippen molar-refractivity contribution in [2.75, 3.05) is 0 Å².